The van der Waals surface area contributed by atoms with Crippen LogP contribution in [0.2, 0.25) is 0 Å². The Bertz CT molecular complexity index is 723. The maximum absolute atomic E-state index is 11.7. The molecule has 0 aliphatic carbocycles. The summed E-state index contributed by atoms with van der Waals surface area (Å²) in [5, 5.41) is 4.04. The van der Waals surface area contributed by atoms with Crippen LogP contribution < -0.4 is 0 Å². The lowest BCUT2D eigenvalue weighted by atomic mass is 10.1. The van der Waals surface area contributed by atoms with Crippen LogP contribution in [0.1, 0.15) is 17.5 Å². The molecule has 3 nitrogen and oxygen atoms in total. The Morgan fingerprint density at radius 2 is 1.86 bits per heavy atom. The molecule has 0 aromatic heterocycles. The highest BCUT2D eigenvalue weighted by atomic mass is 32.2. The first-order valence-corrected chi connectivity index (χ1v) is 8.05. The molecule has 0 saturated carbocycles. The van der Waals surface area contributed by atoms with Gasteiger partial charge in [-0.2, -0.15) is 0 Å². The first-order valence-electron chi connectivity index (χ1n) is 7.06. The Balaban J connectivity index is 1.67. The fraction of sp³-hybridized carbons (Fsp3) is 0.111. The maximum atomic E-state index is 11.7. The van der Waals surface area contributed by atoms with Gasteiger partial charge in [0, 0.05) is 28.7 Å². The molecule has 2 aromatic carbocycles. The summed E-state index contributed by atoms with van der Waals surface area (Å²) >= 11 is 1.80. The van der Waals surface area contributed by atoms with Gasteiger partial charge in [0.1, 0.15) is 0 Å². The smallest absolute Gasteiger partial charge is 0.313 e. The van der Waals surface area contributed by atoms with Gasteiger partial charge in [-0.15, -0.1) is 11.8 Å². The molecule has 0 unspecified atom stereocenters. The van der Waals surface area contributed by atoms with Crippen molar-refractivity contribution < 1.29 is 9.63 Å². The fourth-order valence-electron chi connectivity index (χ4n) is 2.18. The zero-order valence-electron chi connectivity index (χ0n) is 11.9. The molecule has 1 aliphatic rings. The standard InChI is InChI=1S/C18H15NO2S/c20-18(11-10-14-6-2-1-3-7-14)21-19-16-12-13-22-17-9-5-4-8-15(16)17/h1-11H,12-13H2/b11-10+,19-16-. The van der Waals surface area contributed by atoms with Crippen molar-refractivity contribution in [2.75, 3.05) is 5.75 Å². The molecule has 0 bridgehead atoms. The van der Waals surface area contributed by atoms with Crippen LogP contribution in [0.5, 0.6) is 0 Å². The molecule has 1 heterocycles. The Hall–Kier alpha value is -2.33. The molecule has 110 valence electrons. The van der Waals surface area contributed by atoms with E-state index in [0.717, 1.165) is 29.0 Å². The second-order valence-electron chi connectivity index (χ2n) is 4.79. The van der Waals surface area contributed by atoms with Crippen LogP contribution in [0, 0.1) is 0 Å². The zero-order chi connectivity index (χ0) is 15.2. The second kappa shape index (κ2) is 7.09. The molecule has 0 fully saturated rings. The number of hydrogen-bond acceptors (Lipinski definition) is 4. The van der Waals surface area contributed by atoms with Gasteiger partial charge in [0.2, 0.25) is 0 Å². The van der Waals surface area contributed by atoms with Gasteiger partial charge in [-0.25, -0.2) is 4.79 Å². The number of carbonyl (C=O) groups is 1. The topological polar surface area (TPSA) is 38.7 Å². The summed E-state index contributed by atoms with van der Waals surface area (Å²) < 4.78 is 0. The van der Waals surface area contributed by atoms with Crippen LogP contribution in [0.3, 0.4) is 0 Å². The monoisotopic (exact) mass is 309 g/mol. The van der Waals surface area contributed by atoms with Crippen LogP contribution in [-0.4, -0.2) is 17.4 Å². The number of carbonyl (C=O) groups excluding carboxylic acids is 1. The van der Waals surface area contributed by atoms with Gasteiger partial charge in [0.05, 0.1) is 5.71 Å². The SMILES string of the molecule is O=C(/C=C/c1ccccc1)O/N=C1/CCSc2ccccc21. The normalized spacial score (nSPS) is 15.7. The minimum Gasteiger partial charge on any atom is -0.313 e. The van der Waals surface area contributed by atoms with Crippen molar-refractivity contribution in [3.05, 3.63) is 71.8 Å². The highest BCUT2D eigenvalue weighted by molar-refractivity contribution is 7.99. The first kappa shape index (κ1) is 14.6. The van der Waals surface area contributed by atoms with E-state index in [2.05, 4.69) is 11.2 Å². The van der Waals surface area contributed by atoms with E-state index in [1.165, 1.54) is 11.0 Å². The molecule has 0 saturated heterocycles. The summed E-state index contributed by atoms with van der Waals surface area (Å²) in [5.74, 6) is 0.486. The second-order valence-corrected chi connectivity index (χ2v) is 5.92. The van der Waals surface area contributed by atoms with E-state index in [1.54, 1.807) is 17.8 Å². The van der Waals surface area contributed by atoms with Crippen LogP contribution in [0.15, 0.2) is 70.7 Å². The molecule has 0 radical (unpaired) electrons. The highest BCUT2D eigenvalue weighted by Crippen LogP contribution is 2.29. The number of oxime groups is 1. The van der Waals surface area contributed by atoms with Gasteiger partial charge in [-0.05, 0) is 17.7 Å². The van der Waals surface area contributed by atoms with Gasteiger partial charge in [-0.3, -0.25) is 0 Å². The van der Waals surface area contributed by atoms with E-state index < -0.39 is 5.97 Å². The molecule has 3 rings (SSSR count). The van der Waals surface area contributed by atoms with Crippen molar-refractivity contribution in [2.24, 2.45) is 5.16 Å². The minimum atomic E-state index is -0.466. The third-order valence-electron chi connectivity index (χ3n) is 3.25. The molecular weight excluding hydrogens is 294 g/mol. The van der Waals surface area contributed by atoms with Gasteiger partial charge in [0.15, 0.2) is 0 Å². The third-order valence-corrected chi connectivity index (χ3v) is 4.33. The Morgan fingerprint density at radius 1 is 1.09 bits per heavy atom. The lowest BCUT2D eigenvalue weighted by Gasteiger charge is -2.15. The molecule has 4 heteroatoms. The zero-order valence-corrected chi connectivity index (χ0v) is 12.8. The van der Waals surface area contributed by atoms with Crippen molar-refractivity contribution in [3.8, 4) is 0 Å². The molecule has 1 aliphatic heterocycles. The lowest BCUT2D eigenvalue weighted by molar-refractivity contribution is -0.137. The Kier molecular flexibility index (Phi) is 4.71. The van der Waals surface area contributed by atoms with Gasteiger partial charge >= 0.3 is 5.97 Å². The van der Waals surface area contributed by atoms with E-state index in [4.69, 9.17) is 4.84 Å². The number of rotatable bonds is 3. The average molecular weight is 309 g/mol. The molecule has 0 atom stereocenters. The summed E-state index contributed by atoms with van der Waals surface area (Å²) in [6, 6.07) is 17.7. The largest absolute Gasteiger partial charge is 0.358 e. The van der Waals surface area contributed by atoms with Crippen LogP contribution >= 0.6 is 11.8 Å². The summed E-state index contributed by atoms with van der Waals surface area (Å²) in [5.41, 5.74) is 2.83. The predicted molar refractivity (Wildman–Crippen MR) is 89.9 cm³/mol. The lowest BCUT2D eigenvalue weighted by Crippen LogP contribution is -2.11. The molecule has 2 aromatic rings. The first-order chi connectivity index (χ1) is 10.8. The summed E-state index contributed by atoms with van der Waals surface area (Å²) in [4.78, 5) is 17.9. The average Bonchev–Trinajstić information content (AvgIpc) is 2.59. The summed E-state index contributed by atoms with van der Waals surface area (Å²) in [6.45, 7) is 0. The van der Waals surface area contributed by atoms with Crippen LogP contribution in [0.25, 0.3) is 6.08 Å². The van der Waals surface area contributed by atoms with Crippen LogP contribution in [-0.2, 0) is 9.63 Å². The maximum Gasteiger partial charge on any atom is 0.358 e. The van der Waals surface area contributed by atoms with E-state index in [0.29, 0.717) is 0 Å². The third kappa shape index (κ3) is 3.65. The van der Waals surface area contributed by atoms with Crippen molar-refractivity contribution in [3.63, 3.8) is 0 Å². The molecule has 0 spiro atoms. The van der Waals surface area contributed by atoms with E-state index in [-0.39, 0.29) is 0 Å². The highest BCUT2D eigenvalue weighted by Gasteiger charge is 2.16. The van der Waals surface area contributed by atoms with Crippen molar-refractivity contribution in [2.45, 2.75) is 11.3 Å². The number of fused-ring (bicyclic) bond motifs is 1. The summed E-state index contributed by atoms with van der Waals surface area (Å²) in [6.07, 6.45) is 3.91. The number of hydrogen-bond donors (Lipinski definition) is 0. The van der Waals surface area contributed by atoms with Crippen LogP contribution in [0.4, 0.5) is 0 Å². The molecule has 0 N–H and O–H groups in total. The van der Waals surface area contributed by atoms with E-state index in [1.807, 2.05) is 48.5 Å². The Morgan fingerprint density at radius 3 is 2.73 bits per heavy atom. The Labute approximate surface area is 133 Å². The quantitative estimate of drug-likeness (QED) is 0.486. The van der Waals surface area contributed by atoms with Gasteiger partial charge in [-0.1, -0.05) is 53.7 Å². The van der Waals surface area contributed by atoms with E-state index >= 15 is 0 Å². The van der Waals surface area contributed by atoms with Crippen molar-refractivity contribution in [1.29, 1.82) is 0 Å². The molecule has 0 amide bonds. The number of benzene rings is 2. The number of thioether (sulfide) groups is 1. The minimum absolute atomic E-state index is 0.466. The van der Waals surface area contributed by atoms with Crippen molar-refractivity contribution in [1.82, 2.24) is 0 Å². The predicted octanol–water partition coefficient (Wildman–Crippen LogP) is 4.14. The van der Waals surface area contributed by atoms with Gasteiger partial charge < -0.3 is 4.84 Å². The van der Waals surface area contributed by atoms with Crippen molar-refractivity contribution >= 4 is 29.5 Å². The van der Waals surface area contributed by atoms with E-state index in [9.17, 15) is 4.79 Å². The number of nitrogens with zero attached hydrogens (tertiary/aromatic N) is 1. The fourth-order valence-corrected chi connectivity index (χ4v) is 3.21. The molecular formula is C18H15NO2S. The molecule has 22 heavy (non-hydrogen) atoms. The van der Waals surface area contributed by atoms with Gasteiger partial charge in [0.25, 0.3) is 0 Å². The summed E-state index contributed by atoms with van der Waals surface area (Å²) in [7, 11) is 0.